The van der Waals surface area contributed by atoms with E-state index in [1.165, 1.54) is 4.90 Å². The molecule has 2 rings (SSSR count). The molecule has 2 aromatic carbocycles. The van der Waals surface area contributed by atoms with Crippen LogP contribution >= 0.6 is 11.6 Å². The number of carbonyl (C=O) groups excluding carboxylic acids is 2. The highest BCUT2D eigenvalue weighted by molar-refractivity contribution is 6.30. The fourth-order valence-electron chi connectivity index (χ4n) is 2.12. The van der Waals surface area contributed by atoms with Gasteiger partial charge in [0.25, 0.3) is 11.8 Å². The molecule has 0 bridgehead atoms. The predicted octanol–water partition coefficient (Wildman–Crippen LogP) is 2.51. The molecular formula is C18H19ClN2O3. The van der Waals surface area contributed by atoms with Gasteiger partial charge in [-0.2, -0.15) is 0 Å². The molecule has 2 aromatic rings. The van der Waals surface area contributed by atoms with Crippen molar-refractivity contribution in [3.8, 4) is 0 Å². The van der Waals surface area contributed by atoms with Crippen molar-refractivity contribution in [1.82, 2.24) is 10.2 Å². The van der Waals surface area contributed by atoms with E-state index >= 15 is 0 Å². The molecule has 0 spiro atoms. The second kappa shape index (κ2) is 7.95. The summed E-state index contributed by atoms with van der Waals surface area (Å²) in [6.07, 6.45) is -0.819. The van der Waals surface area contributed by atoms with E-state index in [0.717, 1.165) is 0 Å². The Bertz CT molecular complexity index is 712. The van der Waals surface area contributed by atoms with Gasteiger partial charge in [0.2, 0.25) is 0 Å². The summed E-state index contributed by atoms with van der Waals surface area (Å²) in [5, 5.41) is 13.3. The van der Waals surface area contributed by atoms with Crippen LogP contribution in [0.2, 0.25) is 5.02 Å². The number of nitrogens with one attached hydrogen (secondary N) is 1. The lowest BCUT2D eigenvalue weighted by Gasteiger charge is -2.13. The van der Waals surface area contributed by atoms with Crippen LogP contribution in [0.25, 0.3) is 0 Å². The Labute approximate surface area is 145 Å². The van der Waals surface area contributed by atoms with Crippen LogP contribution in [0.4, 0.5) is 0 Å². The van der Waals surface area contributed by atoms with Gasteiger partial charge in [0, 0.05) is 36.8 Å². The highest BCUT2D eigenvalue weighted by Gasteiger charge is 2.12. The maximum absolute atomic E-state index is 12.1. The number of nitrogens with zero attached hydrogens (tertiary/aromatic N) is 1. The molecule has 126 valence electrons. The minimum Gasteiger partial charge on any atom is -0.387 e. The van der Waals surface area contributed by atoms with E-state index in [0.29, 0.717) is 21.7 Å². The van der Waals surface area contributed by atoms with Gasteiger partial charge in [0.15, 0.2) is 0 Å². The molecule has 2 amide bonds. The largest absolute Gasteiger partial charge is 0.387 e. The SMILES string of the molecule is CN(C)C(=O)c1ccc(C(=O)NCC(O)c2ccc(Cl)cc2)cc1. The summed E-state index contributed by atoms with van der Waals surface area (Å²) in [5.74, 6) is -0.438. The lowest BCUT2D eigenvalue weighted by molar-refractivity contribution is 0.0826. The Hall–Kier alpha value is -2.37. The van der Waals surface area contributed by atoms with Crippen LogP contribution in [0.3, 0.4) is 0 Å². The zero-order valence-corrected chi connectivity index (χ0v) is 14.2. The quantitative estimate of drug-likeness (QED) is 0.874. The zero-order valence-electron chi connectivity index (χ0n) is 13.5. The van der Waals surface area contributed by atoms with Gasteiger partial charge < -0.3 is 15.3 Å². The van der Waals surface area contributed by atoms with Crippen molar-refractivity contribution >= 4 is 23.4 Å². The molecule has 0 aliphatic carbocycles. The fraction of sp³-hybridized carbons (Fsp3) is 0.222. The third-order valence-corrected chi connectivity index (χ3v) is 3.76. The summed E-state index contributed by atoms with van der Waals surface area (Å²) in [6.45, 7) is 0.0822. The van der Waals surface area contributed by atoms with Crippen molar-refractivity contribution in [1.29, 1.82) is 0 Å². The number of hydrogen-bond acceptors (Lipinski definition) is 3. The Kier molecular flexibility index (Phi) is 5.95. The highest BCUT2D eigenvalue weighted by Crippen LogP contribution is 2.16. The third kappa shape index (κ3) is 4.57. The van der Waals surface area contributed by atoms with Crippen LogP contribution < -0.4 is 5.32 Å². The van der Waals surface area contributed by atoms with Crippen molar-refractivity contribution in [3.05, 3.63) is 70.2 Å². The summed E-state index contributed by atoms with van der Waals surface area (Å²) < 4.78 is 0. The average Bonchev–Trinajstić information content (AvgIpc) is 2.59. The van der Waals surface area contributed by atoms with Crippen LogP contribution in [-0.4, -0.2) is 42.5 Å². The molecule has 1 unspecified atom stereocenters. The molecule has 6 heteroatoms. The number of rotatable bonds is 5. The van der Waals surface area contributed by atoms with E-state index in [2.05, 4.69) is 5.32 Å². The van der Waals surface area contributed by atoms with E-state index in [9.17, 15) is 14.7 Å². The summed E-state index contributed by atoms with van der Waals surface area (Å²) in [6, 6.07) is 13.2. The molecule has 2 N–H and O–H groups in total. The maximum atomic E-state index is 12.1. The molecule has 0 fully saturated rings. The first-order valence-electron chi connectivity index (χ1n) is 7.42. The number of carbonyl (C=O) groups is 2. The first-order chi connectivity index (χ1) is 11.4. The topological polar surface area (TPSA) is 69.6 Å². The van der Waals surface area contributed by atoms with Crippen LogP contribution in [0, 0.1) is 0 Å². The van der Waals surface area contributed by atoms with E-state index < -0.39 is 6.10 Å². The van der Waals surface area contributed by atoms with Gasteiger partial charge in [0.1, 0.15) is 0 Å². The summed E-state index contributed by atoms with van der Waals surface area (Å²) in [4.78, 5) is 25.4. The zero-order chi connectivity index (χ0) is 17.7. The van der Waals surface area contributed by atoms with Crippen LogP contribution in [0.1, 0.15) is 32.4 Å². The van der Waals surface area contributed by atoms with E-state index in [-0.39, 0.29) is 18.4 Å². The average molecular weight is 347 g/mol. The van der Waals surface area contributed by atoms with Crippen molar-refractivity contribution in [2.24, 2.45) is 0 Å². The standard InChI is InChI=1S/C18H19ClN2O3/c1-21(2)18(24)14-5-3-13(4-6-14)17(23)20-11-16(22)12-7-9-15(19)10-8-12/h3-10,16,22H,11H2,1-2H3,(H,20,23). The second-order valence-electron chi connectivity index (χ2n) is 5.55. The smallest absolute Gasteiger partial charge is 0.253 e. The van der Waals surface area contributed by atoms with Gasteiger partial charge in [0.05, 0.1) is 6.10 Å². The van der Waals surface area contributed by atoms with Crippen LogP contribution in [0.5, 0.6) is 0 Å². The van der Waals surface area contributed by atoms with Gasteiger partial charge in [-0.1, -0.05) is 23.7 Å². The van der Waals surface area contributed by atoms with Crippen molar-refractivity contribution < 1.29 is 14.7 Å². The fourth-order valence-corrected chi connectivity index (χ4v) is 2.24. The second-order valence-corrected chi connectivity index (χ2v) is 5.99. The normalized spacial score (nSPS) is 11.7. The molecular weight excluding hydrogens is 328 g/mol. The molecule has 0 saturated heterocycles. The summed E-state index contributed by atoms with van der Waals surface area (Å²) in [7, 11) is 3.34. The van der Waals surface area contributed by atoms with Crippen LogP contribution in [-0.2, 0) is 0 Å². The van der Waals surface area contributed by atoms with Crippen molar-refractivity contribution in [2.75, 3.05) is 20.6 Å². The van der Waals surface area contributed by atoms with Crippen molar-refractivity contribution in [3.63, 3.8) is 0 Å². The Balaban J connectivity index is 1.94. The molecule has 0 aliphatic rings. The Morgan fingerprint density at radius 2 is 1.58 bits per heavy atom. The molecule has 0 heterocycles. The van der Waals surface area contributed by atoms with Gasteiger partial charge in [-0.15, -0.1) is 0 Å². The number of aliphatic hydroxyl groups excluding tert-OH is 1. The molecule has 1 atom stereocenters. The highest BCUT2D eigenvalue weighted by atomic mass is 35.5. The molecule has 0 aromatic heterocycles. The summed E-state index contributed by atoms with van der Waals surface area (Å²) >= 11 is 5.80. The number of amides is 2. The summed E-state index contributed by atoms with van der Waals surface area (Å²) in [5.41, 5.74) is 1.61. The first kappa shape index (κ1) is 18.0. The molecule has 0 saturated carbocycles. The Morgan fingerprint density at radius 3 is 2.12 bits per heavy atom. The van der Waals surface area contributed by atoms with Gasteiger partial charge >= 0.3 is 0 Å². The van der Waals surface area contributed by atoms with E-state index in [4.69, 9.17) is 11.6 Å². The Morgan fingerprint density at radius 1 is 1.04 bits per heavy atom. The predicted molar refractivity (Wildman–Crippen MR) is 93.2 cm³/mol. The minimum atomic E-state index is -0.819. The van der Waals surface area contributed by atoms with Gasteiger partial charge in [-0.25, -0.2) is 0 Å². The molecule has 0 radical (unpaired) electrons. The third-order valence-electron chi connectivity index (χ3n) is 3.51. The molecule has 0 aliphatic heterocycles. The maximum Gasteiger partial charge on any atom is 0.253 e. The van der Waals surface area contributed by atoms with E-state index in [1.54, 1.807) is 62.6 Å². The number of aliphatic hydroxyl groups is 1. The number of benzene rings is 2. The minimum absolute atomic E-state index is 0.0822. The molecule has 24 heavy (non-hydrogen) atoms. The van der Waals surface area contributed by atoms with Crippen LogP contribution in [0.15, 0.2) is 48.5 Å². The van der Waals surface area contributed by atoms with Gasteiger partial charge in [-0.3, -0.25) is 9.59 Å². The van der Waals surface area contributed by atoms with Crippen molar-refractivity contribution in [2.45, 2.75) is 6.10 Å². The molecule has 5 nitrogen and oxygen atoms in total. The van der Waals surface area contributed by atoms with E-state index in [1.807, 2.05) is 0 Å². The van der Waals surface area contributed by atoms with Gasteiger partial charge in [-0.05, 0) is 42.0 Å². The number of hydrogen-bond donors (Lipinski definition) is 2. The lowest BCUT2D eigenvalue weighted by atomic mass is 10.1. The first-order valence-corrected chi connectivity index (χ1v) is 7.79. The monoisotopic (exact) mass is 346 g/mol. The lowest BCUT2D eigenvalue weighted by Crippen LogP contribution is -2.28. The number of halogens is 1.